The lowest BCUT2D eigenvalue weighted by Crippen LogP contribution is -1.90. The summed E-state index contributed by atoms with van der Waals surface area (Å²) in [6.07, 6.45) is 0. The maximum absolute atomic E-state index is 6.24. The summed E-state index contributed by atoms with van der Waals surface area (Å²) in [5.41, 5.74) is 2.68. The van der Waals surface area contributed by atoms with Gasteiger partial charge < -0.3 is 9.47 Å². The van der Waals surface area contributed by atoms with Crippen molar-refractivity contribution in [2.24, 2.45) is 0 Å². The van der Waals surface area contributed by atoms with E-state index in [1.54, 1.807) is 25.6 Å². The number of aromatic nitrogens is 1. The molecule has 0 saturated heterocycles. The van der Waals surface area contributed by atoms with Crippen molar-refractivity contribution < 1.29 is 9.47 Å². The predicted molar refractivity (Wildman–Crippen MR) is 91.1 cm³/mol. The van der Waals surface area contributed by atoms with E-state index in [1.807, 2.05) is 47.8 Å². The number of ether oxygens (including phenoxy) is 2. The van der Waals surface area contributed by atoms with Crippen molar-refractivity contribution in [3.63, 3.8) is 0 Å². The molecule has 3 rings (SSSR count). The Morgan fingerprint density at radius 2 is 1.82 bits per heavy atom. The predicted octanol–water partition coefficient (Wildman–Crippen LogP) is 5.15. The molecule has 0 N–H and O–H groups in total. The fourth-order valence-electron chi connectivity index (χ4n) is 2.17. The van der Waals surface area contributed by atoms with Crippen LogP contribution in [0.15, 0.2) is 47.8 Å². The standard InChI is InChI=1S/C17H14ClNO2S/c1-20-11-7-8-16(21-2)13(9-11)15-10-22-17(19-15)12-5-3-4-6-14(12)18/h3-10H,1-2H3. The molecule has 0 unspecified atom stereocenters. The molecule has 3 aromatic rings. The minimum atomic E-state index is 0.695. The van der Waals surface area contributed by atoms with Crippen LogP contribution in [0.4, 0.5) is 0 Å². The van der Waals surface area contributed by atoms with Gasteiger partial charge in [0.2, 0.25) is 0 Å². The van der Waals surface area contributed by atoms with Gasteiger partial charge in [-0.1, -0.05) is 29.8 Å². The maximum atomic E-state index is 6.24. The molecule has 0 radical (unpaired) electrons. The van der Waals surface area contributed by atoms with Gasteiger partial charge in [0.15, 0.2) is 0 Å². The summed E-state index contributed by atoms with van der Waals surface area (Å²) in [5.74, 6) is 1.53. The summed E-state index contributed by atoms with van der Waals surface area (Å²) in [6.45, 7) is 0. The summed E-state index contributed by atoms with van der Waals surface area (Å²) in [6, 6.07) is 13.4. The van der Waals surface area contributed by atoms with Crippen LogP contribution in [0.2, 0.25) is 5.02 Å². The average Bonchev–Trinajstić information content (AvgIpc) is 3.04. The van der Waals surface area contributed by atoms with Crippen LogP contribution < -0.4 is 9.47 Å². The molecule has 0 aliphatic rings. The van der Waals surface area contributed by atoms with Gasteiger partial charge in [-0.2, -0.15) is 0 Å². The SMILES string of the molecule is COc1ccc(OC)c(-c2csc(-c3ccccc3Cl)n2)c1. The van der Waals surface area contributed by atoms with Crippen LogP contribution in [-0.4, -0.2) is 19.2 Å². The highest BCUT2D eigenvalue weighted by molar-refractivity contribution is 7.13. The van der Waals surface area contributed by atoms with Crippen LogP contribution in [-0.2, 0) is 0 Å². The molecular formula is C17H14ClNO2S. The van der Waals surface area contributed by atoms with Crippen molar-refractivity contribution in [3.05, 3.63) is 52.9 Å². The van der Waals surface area contributed by atoms with Crippen molar-refractivity contribution in [1.82, 2.24) is 4.98 Å². The van der Waals surface area contributed by atoms with Gasteiger partial charge in [0, 0.05) is 16.5 Å². The third-order valence-corrected chi connectivity index (χ3v) is 4.50. The second kappa shape index (κ2) is 6.38. The Balaban J connectivity index is 2.06. The van der Waals surface area contributed by atoms with Gasteiger partial charge in [0.25, 0.3) is 0 Å². The molecule has 0 spiro atoms. The van der Waals surface area contributed by atoms with Crippen molar-refractivity contribution in [3.8, 4) is 33.3 Å². The minimum absolute atomic E-state index is 0.695. The Morgan fingerprint density at radius 3 is 2.55 bits per heavy atom. The molecule has 0 amide bonds. The van der Waals surface area contributed by atoms with Gasteiger partial charge in [-0.25, -0.2) is 4.98 Å². The first-order valence-corrected chi connectivity index (χ1v) is 7.91. The van der Waals surface area contributed by atoms with Crippen molar-refractivity contribution >= 4 is 22.9 Å². The monoisotopic (exact) mass is 331 g/mol. The molecule has 1 heterocycles. The number of methoxy groups -OCH3 is 2. The Bertz CT molecular complexity index is 801. The first-order chi connectivity index (χ1) is 10.7. The summed E-state index contributed by atoms with van der Waals surface area (Å²) >= 11 is 7.79. The molecule has 5 heteroatoms. The molecule has 3 nitrogen and oxygen atoms in total. The largest absolute Gasteiger partial charge is 0.497 e. The summed E-state index contributed by atoms with van der Waals surface area (Å²) < 4.78 is 10.7. The third kappa shape index (κ3) is 2.80. The van der Waals surface area contributed by atoms with Crippen molar-refractivity contribution in [2.75, 3.05) is 14.2 Å². The highest BCUT2D eigenvalue weighted by Gasteiger charge is 2.13. The number of halogens is 1. The molecule has 1 aromatic heterocycles. The van der Waals surface area contributed by atoms with Gasteiger partial charge in [-0.15, -0.1) is 11.3 Å². The van der Waals surface area contributed by atoms with Gasteiger partial charge >= 0.3 is 0 Å². The van der Waals surface area contributed by atoms with E-state index >= 15 is 0 Å². The van der Waals surface area contributed by atoms with E-state index in [0.717, 1.165) is 33.3 Å². The van der Waals surface area contributed by atoms with Crippen LogP contribution in [0.3, 0.4) is 0 Å². The normalized spacial score (nSPS) is 10.5. The number of hydrogen-bond donors (Lipinski definition) is 0. The first kappa shape index (κ1) is 14.9. The second-order valence-electron chi connectivity index (χ2n) is 4.58. The third-order valence-electron chi connectivity index (χ3n) is 3.29. The minimum Gasteiger partial charge on any atom is -0.497 e. The van der Waals surface area contributed by atoms with Gasteiger partial charge in [0.05, 0.1) is 24.9 Å². The maximum Gasteiger partial charge on any atom is 0.128 e. The zero-order chi connectivity index (χ0) is 15.5. The fraction of sp³-hybridized carbons (Fsp3) is 0.118. The van der Waals surface area contributed by atoms with Gasteiger partial charge in [-0.3, -0.25) is 0 Å². The Kier molecular flexibility index (Phi) is 4.32. The molecule has 2 aromatic carbocycles. The van der Waals surface area contributed by atoms with E-state index in [2.05, 4.69) is 0 Å². The zero-order valence-electron chi connectivity index (χ0n) is 12.2. The lowest BCUT2D eigenvalue weighted by atomic mass is 10.1. The van der Waals surface area contributed by atoms with Gasteiger partial charge in [-0.05, 0) is 24.3 Å². The van der Waals surface area contributed by atoms with E-state index < -0.39 is 0 Å². The quantitative estimate of drug-likeness (QED) is 0.662. The molecule has 0 fully saturated rings. The molecule has 0 aliphatic heterocycles. The number of nitrogens with zero attached hydrogens (tertiary/aromatic N) is 1. The number of thiazole rings is 1. The average molecular weight is 332 g/mol. The van der Waals surface area contributed by atoms with Crippen LogP contribution in [0.1, 0.15) is 0 Å². The highest BCUT2D eigenvalue weighted by Crippen LogP contribution is 2.37. The number of hydrogen-bond acceptors (Lipinski definition) is 4. The fourth-order valence-corrected chi connectivity index (χ4v) is 3.31. The van der Waals surface area contributed by atoms with Gasteiger partial charge in [0.1, 0.15) is 16.5 Å². The first-order valence-electron chi connectivity index (χ1n) is 6.65. The topological polar surface area (TPSA) is 31.4 Å². The van der Waals surface area contributed by atoms with Crippen molar-refractivity contribution in [2.45, 2.75) is 0 Å². The van der Waals surface area contributed by atoms with Crippen LogP contribution >= 0.6 is 22.9 Å². The summed E-state index contributed by atoms with van der Waals surface area (Å²) in [5, 5.41) is 3.57. The number of benzene rings is 2. The molecule has 0 atom stereocenters. The molecule has 0 bridgehead atoms. The van der Waals surface area contributed by atoms with E-state index in [-0.39, 0.29) is 0 Å². The second-order valence-corrected chi connectivity index (χ2v) is 5.85. The summed E-state index contributed by atoms with van der Waals surface area (Å²) in [7, 11) is 3.29. The number of rotatable bonds is 4. The molecular weight excluding hydrogens is 318 g/mol. The van der Waals surface area contributed by atoms with E-state index in [1.165, 1.54) is 0 Å². The van der Waals surface area contributed by atoms with Crippen LogP contribution in [0.25, 0.3) is 21.8 Å². The zero-order valence-corrected chi connectivity index (χ0v) is 13.7. The molecule has 112 valence electrons. The van der Waals surface area contributed by atoms with E-state index in [4.69, 9.17) is 26.1 Å². The Morgan fingerprint density at radius 1 is 1.00 bits per heavy atom. The summed E-state index contributed by atoms with van der Waals surface area (Å²) in [4.78, 5) is 4.69. The van der Waals surface area contributed by atoms with E-state index in [0.29, 0.717) is 5.02 Å². The van der Waals surface area contributed by atoms with Crippen LogP contribution in [0.5, 0.6) is 11.5 Å². The van der Waals surface area contributed by atoms with E-state index in [9.17, 15) is 0 Å². The lowest BCUT2D eigenvalue weighted by molar-refractivity contribution is 0.404. The molecule has 22 heavy (non-hydrogen) atoms. The molecule has 0 aliphatic carbocycles. The Hall–Kier alpha value is -2.04. The smallest absolute Gasteiger partial charge is 0.128 e. The van der Waals surface area contributed by atoms with Crippen molar-refractivity contribution in [1.29, 1.82) is 0 Å². The lowest BCUT2D eigenvalue weighted by Gasteiger charge is -2.08. The Labute approximate surface area is 138 Å². The highest BCUT2D eigenvalue weighted by atomic mass is 35.5. The van der Waals surface area contributed by atoms with Crippen LogP contribution in [0, 0.1) is 0 Å². The molecule has 0 saturated carbocycles.